The maximum Gasteiger partial charge on any atom is 0.225 e. The molecule has 0 spiro atoms. The quantitative estimate of drug-likeness (QED) is 0.833. The Balaban J connectivity index is 2.64. The lowest BCUT2D eigenvalue weighted by Crippen LogP contribution is -2.26. The molecule has 1 rings (SSSR count). The first-order chi connectivity index (χ1) is 6.77. The van der Waals surface area contributed by atoms with Crippen LogP contribution in [0, 0.1) is 3.57 Å². The molecule has 0 amide bonds. The van der Waals surface area contributed by atoms with Gasteiger partial charge in [0.1, 0.15) is 0 Å². The second kappa shape index (κ2) is 6.13. The Hall–Kier alpha value is -0.430. The third-order valence-corrected chi connectivity index (χ3v) is 2.41. The van der Waals surface area contributed by atoms with Gasteiger partial charge in [0.2, 0.25) is 5.95 Å². The van der Waals surface area contributed by atoms with Gasteiger partial charge in [-0.3, -0.25) is 0 Å². The van der Waals surface area contributed by atoms with E-state index in [1.165, 1.54) is 0 Å². The largest absolute Gasteiger partial charge is 0.396 e. The van der Waals surface area contributed by atoms with Crippen LogP contribution in [-0.4, -0.2) is 34.8 Å². The SMILES string of the molecule is CCN(CCCO)c1ncc(I)cn1. The molecule has 0 aliphatic carbocycles. The molecular formula is C9H14IN3O. The molecule has 0 bridgehead atoms. The summed E-state index contributed by atoms with van der Waals surface area (Å²) in [5.74, 6) is 0.737. The van der Waals surface area contributed by atoms with Crippen molar-refractivity contribution in [3.8, 4) is 0 Å². The topological polar surface area (TPSA) is 49.2 Å². The first-order valence-corrected chi connectivity index (χ1v) is 5.69. The van der Waals surface area contributed by atoms with Crippen LogP contribution in [0.4, 0.5) is 5.95 Å². The van der Waals surface area contributed by atoms with Crippen LogP contribution in [0.2, 0.25) is 0 Å². The van der Waals surface area contributed by atoms with Crippen molar-refractivity contribution in [1.82, 2.24) is 9.97 Å². The Bertz CT molecular complexity index is 265. The normalized spacial score (nSPS) is 10.2. The Labute approximate surface area is 97.5 Å². The van der Waals surface area contributed by atoms with Crippen LogP contribution < -0.4 is 4.90 Å². The van der Waals surface area contributed by atoms with E-state index in [9.17, 15) is 0 Å². The summed E-state index contributed by atoms with van der Waals surface area (Å²) in [7, 11) is 0. The van der Waals surface area contributed by atoms with Crippen molar-refractivity contribution in [3.63, 3.8) is 0 Å². The molecule has 1 aromatic heterocycles. The van der Waals surface area contributed by atoms with E-state index in [1.807, 2.05) is 4.90 Å². The molecule has 0 radical (unpaired) electrons. The number of rotatable bonds is 5. The summed E-state index contributed by atoms with van der Waals surface area (Å²) in [5.41, 5.74) is 0. The number of anilines is 1. The number of hydrogen-bond acceptors (Lipinski definition) is 4. The lowest BCUT2D eigenvalue weighted by molar-refractivity contribution is 0.289. The molecule has 0 aromatic carbocycles. The van der Waals surface area contributed by atoms with Crippen molar-refractivity contribution < 1.29 is 5.11 Å². The minimum Gasteiger partial charge on any atom is -0.396 e. The van der Waals surface area contributed by atoms with Crippen LogP contribution in [-0.2, 0) is 0 Å². The fraction of sp³-hybridized carbons (Fsp3) is 0.556. The van der Waals surface area contributed by atoms with Gasteiger partial charge in [-0.1, -0.05) is 0 Å². The molecule has 14 heavy (non-hydrogen) atoms. The van der Waals surface area contributed by atoms with Crippen LogP contribution in [0.25, 0.3) is 0 Å². The Morgan fingerprint density at radius 2 is 2.07 bits per heavy atom. The zero-order valence-electron chi connectivity index (χ0n) is 8.15. The van der Waals surface area contributed by atoms with Crippen LogP contribution in [0.5, 0.6) is 0 Å². The monoisotopic (exact) mass is 307 g/mol. The fourth-order valence-electron chi connectivity index (χ4n) is 1.13. The van der Waals surface area contributed by atoms with Crippen LogP contribution in [0.3, 0.4) is 0 Å². The summed E-state index contributed by atoms with van der Waals surface area (Å²) in [5, 5.41) is 8.73. The zero-order valence-corrected chi connectivity index (χ0v) is 10.3. The second-order valence-electron chi connectivity index (χ2n) is 2.86. The summed E-state index contributed by atoms with van der Waals surface area (Å²) in [6.45, 7) is 3.92. The lowest BCUT2D eigenvalue weighted by atomic mass is 10.4. The summed E-state index contributed by atoms with van der Waals surface area (Å²) >= 11 is 2.18. The predicted molar refractivity (Wildman–Crippen MR) is 64.3 cm³/mol. The predicted octanol–water partition coefficient (Wildman–Crippen LogP) is 1.29. The van der Waals surface area contributed by atoms with Crippen molar-refractivity contribution in [2.24, 2.45) is 0 Å². The zero-order chi connectivity index (χ0) is 10.4. The molecule has 1 aromatic rings. The molecule has 78 valence electrons. The third-order valence-electron chi connectivity index (χ3n) is 1.86. The second-order valence-corrected chi connectivity index (χ2v) is 4.10. The molecule has 4 nitrogen and oxygen atoms in total. The average molecular weight is 307 g/mol. The van der Waals surface area contributed by atoms with Gasteiger partial charge in [0, 0.05) is 35.7 Å². The van der Waals surface area contributed by atoms with Crippen molar-refractivity contribution in [2.45, 2.75) is 13.3 Å². The van der Waals surface area contributed by atoms with E-state index in [0.29, 0.717) is 0 Å². The lowest BCUT2D eigenvalue weighted by Gasteiger charge is -2.19. The molecule has 1 heterocycles. The van der Waals surface area contributed by atoms with E-state index in [4.69, 9.17) is 5.11 Å². The summed E-state index contributed by atoms with van der Waals surface area (Å²) in [6, 6.07) is 0. The van der Waals surface area contributed by atoms with Crippen molar-refractivity contribution in [2.75, 3.05) is 24.6 Å². The Kier molecular flexibility index (Phi) is 5.10. The van der Waals surface area contributed by atoms with E-state index in [0.717, 1.165) is 29.0 Å². The number of aliphatic hydroxyl groups excluding tert-OH is 1. The molecule has 0 fully saturated rings. The van der Waals surface area contributed by atoms with E-state index in [1.54, 1.807) is 12.4 Å². The average Bonchev–Trinajstić information content (AvgIpc) is 2.21. The third kappa shape index (κ3) is 3.38. The van der Waals surface area contributed by atoms with E-state index in [2.05, 4.69) is 39.5 Å². The van der Waals surface area contributed by atoms with Gasteiger partial charge in [-0.15, -0.1) is 0 Å². The molecule has 1 N–H and O–H groups in total. The van der Waals surface area contributed by atoms with E-state index < -0.39 is 0 Å². The standard InChI is InChI=1S/C9H14IN3O/c1-2-13(4-3-5-14)9-11-6-8(10)7-12-9/h6-7,14H,2-5H2,1H3. The molecule has 5 heteroatoms. The maximum atomic E-state index is 8.73. The van der Waals surface area contributed by atoms with Crippen molar-refractivity contribution >= 4 is 28.5 Å². The molecule has 0 saturated heterocycles. The minimum atomic E-state index is 0.209. The molecule has 0 aliphatic heterocycles. The highest BCUT2D eigenvalue weighted by Crippen LogP contribution is 2.08. The van der Waals surface area contributed by atoms with Crippen molar-refractivity contribution in [3.05, 3.63) is 16.0 Å². The van der Waals surface area contributed by atoms with Gasteiger partial charge in [0.05, 0.1) is 0 Å². The van der Waals surface area contributed by atoms with Gasteiger partial charge in [0.15, 0.2) is 0 Å². The highest BCUT2D eigenvalue weighted by atomic mass is 127. The smallest absolute Gasteiger partial charge is 0.225 e. The number of halogens is 1. The number of aromatic nitrogens is 2. The van der Waals surface area contributed by atoms with E-state index >= 15 is 0 Å². The summed E-state index contributed by atoms with van der Waals surface area (Å²) in [4.78, 5) is 10.5. The van der Waals surface area contributed by atoms with Crippen LogP contribution in [0.15, 0.2) is 12.4 Å². The highest BCUT2D eigenvalue weighted by molar-refractivity contribution is 14.1. The summed E-state index contributed by atoms with van der Waals surface area (Å²) < 4.78 is 1.03. The van der Waals surface area contributed by atoms with Gasteiger partial charge in [-0.05, 0) is 35.9 Å². The van der Waals surface area contributed by atoms with Crippen LogP contribution >= 0.6 is 22.6 Å². The Morgan fingerprint density at radius 1 is 1.43 bits per heavy atom. The Morgan fingerprint density at radius 3 is 2.57 bits per heavy atom. The number of hydrogen-bond donors (Lipinski definition) is 1. The molecule has 0 saturated carbocycles. The molecule has 0 aliphatic rings. The molecule has 0 atom stereocenters. The van der Waals surface area contributed by atoms with Crippen molar-refractivity contribution in [1.29, 1.82) is 0 Å². The van der Waals surface area contributed by atoms with Gasteiger partial charge >= 0.3 is 0 Å². The van der Waals surface area contributed by atoms with Gasteiger partial charge in [0.25, 0.3) is 0 Å². The van der Waals surface area contributed by atoms with Gasteiger partial charge in [-0.2, -0.15) is 0 Å². The first kappa shape index (κ1) is 11.6. The van der Waals surface area contributed by atoms with Gasteiger partial charge in [-0.25, -0.2) is 9.97 Å². The first-order valence-electron chi connectivity index (χ1n) is 4.61. The summed E-state index contributed by atoms with van der Waals surface area (Å²) in [6.07, 6.45) is 4.35. The molecular weight excluding hydrogens is 293 g/mol. The minimum absolute atomic E-state index is 0.209. The highest BCUT2D eigenvalue weighted by Gasteiger charge is 2.05. The molecule has 0 unspecified atom stereocenters. The van der Waals surface area contributed by atoms with Crippen LogP contribution in [0.1, 0.15) is 13.3 Å². The fourth-order valence-corrected chi connectivity index (χ4v) is 1.41. The maximum absolute atomic E-state index is 8.73. The van der Waals surface area contributed by atoms with Gasteiger partial charge < -0.3 is 10.0 Å². The number of aliphatic hydroxyl groups is 1. The van der Waals surface area contributed by atoms with E-state index in [-0.39, 0.29) is 6.61 Å². The number of nitrogens with zero attached hydrogens (tertiary/aromatic N) is 3.